The van der Waals surface area contributed by atoms with Crippen molar-refractivity contribution < 1.29 is 14.6 Å². The Balaban J connectivity index is 2.23. The molecular weight excluding hydrogens is 232 g/mol. The van der Waals surface area contributed by atoms with Crippen LogP contribution in [0.4, 0.5) is 0 Å². The van der Waals surface area contributed by atoms with E-state index in [9.17, 15) is 4.79 Å². The summed E-state index contributed by atoms with van der Waals surface area (Å²) in [6, 6.07) is 1.72. The van der Waals surface area contributed by atoms with Gasteiger partial charge in [0.2, 0.25) is 0 Å². The van der Waals surface area contributed by atoms with Gasteiger partial charge in [0.05, 0.1) is 12.3 Å². The van der Waals surface area contributed by atoms with Crippen molar-refractivity contribution >= 4 is 17.3 Å². The molecule has 0 radical (unpaired) electrons. The number of aliphatic hydroxyl groups is 1. The molecule has 0 aliphatic carbocycles. The van der Waals surface area contributed by atoms with Gasteiger partial charge in [0, 0.05) is 0 Å². The summed E-state index contributed by atoms with van der Waals surface area (Å²) in [5.74, 6) is -0.491. The molecule has 7 nitrogen and oxygen atoms in total. The topological polar surface area (TPSA) is 90.1 Å². The molecule has 0 aromatic carbocycles. The highest BCUT2D eigenvalue weighted by Crippen LogP contribution is 2.20. The summed E-state index contributed by atoms with van der Waals surface area (Å²) in [6.45, 7) is -0.219. The van der Waals surface area contributed by atoms with E-state index in [1.165, 1.54) is 22.3 Å². The lowest BCUT2D eigenvalue weighted by atomic mass is 10.4. The summed E-state index contributed by atoms with van der Waals surface area (Å²) in [4.78, 5) is 12.0. The molecule has 0 saturated heterocycles. The molecule has 0 saturated carbocycles. The number of rotatable bonds is 4. The Hall–Kier alpha value is -1.80. The van der Waals surface area contributed by atoms with E-state index in [2.05, 4.69) is 15.5 Å². The van der Waals surface area contributed by atoms with Crippen LogP contribution >= 0.6 is 11.3 Å². The van der Waals surface area contributed by atoms with E-state index in [4.69, 9.17) is 9.84 Å². The molecule has 16 heavy (non-hydrogen) atoms. The first-order valence-electron chi connectivity index (χ1n) is 4.41. The maximum Gasteiger partial charge on any atom is 0.350 e. The number of carbonyl (C=O) groups excluding carboxylic acids is 1. The summed E-state index contributed by atoms with van der Waals surface area (Å²) in [5, 5.41) is 21.0. The third-order valence-electron chi connectivity index (χ3n) is 1.75. The molecule has 0 fully saturated rings. The van der Waals surface area contributed by atoms with Gasteiger partial charge in [-0.2, -0.15) is 4.68 Å². The van der Waals surface area contributed by atoms with E-state index >= 15 is 0 Å². The Morgan fingerprint density at radius 1 is 1.62 bits per heavy atom. The molecule has 0 amide bonds. The van der Waals surface area contributed by atoms with E-state index in [-0.39, 0.29) is 13.2 Å². The number of hydrogen-bond acceptors (Lipinski definition) is 7. The average molecular weight is 240 g/mol. The molecular formula is C8H8N4O3S. The molecule has 0 atom stereocenters. The first-order chi connectivity index (χ1) is 7.83. The third kappa shape index (κ3) is 2.07. The van der Waals surface area contributed by atoms with Gasteiger partial charge in [-0.15, -0.1) is 16.4 Å². The van der Waals surface area contributed by atoms with Crippen LogP contribution in [-0.4, -0.2) is 44.5 Å². The van der Waals surface area contributed by atoms with Gasteiger partial charge in [-0.3, -0.25) is 0 Å². The maximum absolute atomic E-state index is 11.6. The van der Waals surface area contributed by atoms with Crippen LogP contribution in [0, 0.1) is 0 Å². The van der Waals surface area contributed by atoms with Crippen LogP contribution in [0.5, 0.6) is 0 Å². The van der Waals surface area contributed by atoms with Crippen molar-refractivity contribution in [2.24, 2.45) is 0 Å². The minimum Gasteiger partial charge on any atom is -0.459 e. The predicted octanol–water partition coefficient (Wildman–Crippen LogP) is -0.127. The zero-order valence-corrected chi connectivity index (χ0v) is 8.92. The van der Waals surface area contributed by atoms with Crippen LogP contribution in [0.15, 0.2) is 17.8 Å². The summed E-state index contributed by atoms with van der Waals surface area (Å²) >= 11 is 1.23. The first kappa shape index (κ1) is 10.7. The van der Waals surface area contributed by atoms with Gasteiger partial charge in [-0.05, 0) is 21.9 Å². The van der Waals surface area contributed by atoms with Crippen LogP contribution < -0.4 is 0 Å². The highest BCUT2D eigenvalue weighted by atomic mass is 32.1. The quantitative estimate of drug-likeness (QED) is 0.749. The van der Waals surface area contributed by atoms with Gasteiger partial charge in [-0.25, -0.2) is 4.79 Å². The average Bonchev–Trinajstić information content (AvgIpc) is 2.94. The van der Waals surface area contributed by atoms with Crippen molar-refractivity contribution in [3.05, 3.63) is 22.7 Å². The zero-order valence-electron chi connectivity index (χ0n) is 8.11. The fourth-order valence-electron chi connectivity index (χ4n) is 1.11. The number of esters is 1. The highest BCUT2D eigenvalue weighted by Gasteiger charge is 2.16. The number of carbonyl (C=O) groups is 1. The van der Waals surface area contributed by atoms with Crippen LogP contribution in [-0.2, 0) is 4.74 Å². The predicted molar refractivity (Wildman–Crippen MR) is 54.4 cm³/mol. The fraction of sp³-hybridized carbons (Fsp3) is 0.250. The number of aliphatic hydroxyl groups excluding tert-OH is 1. The number of nitrogens with zero attached hydrogens (tertiary/aromatic N) is 4. The number of tetrazole rings is 1. The summed E-state index contributed by atoms with van der Waals surface area (Å²) in [5.41, 5.74) is 0.568. The molecule has 8 heteroatoms. The summed E-state index contributed by atoms with van der Waals surface area (Å²) in [7, 11) is 0. The number of ether oxygens (including phenoxy) is 1. The van der Waals surface area contributed by atoms with Crippen molar-refractivity contribution in [1.29, 1.82) is 0 Å². The van der Waals surface area contributed by atoms with Crippen LogP contribution in [0.2, 0.25) is 0 Å². The Bertz CT molecular complexity index is 467. The molecule has 0 spiro atoms. The molecule has 2 aromatic heterocycles. The summed E-state index contributed by atoms with van der Waals surface area (Å²) < 4.78 is 6.19. The lowest BCUT2D eigenvalue weighted by molar-refractivity contribution is 0.0439. The van der Waals surface area contributed by atoms with Crippen LogP contribution in [0.1, 0.15) is 9.67 Å². The van der Waals surface area contributed by atoms with E-state index in [0.29, 0.717) is 10.6 Å². The van der Waals surface area contributed by atoms with E-state index < -0.39 is 5.97 Å². The van der Waals surface area contributed by atoms with Gasteiger partial charge in [0.25, 0.3) is 0 Å². The molecule has 0 aliphatic heterocycles. The van der Waals surface area contributed by atoms with Crippen molar-refractivity contribution in [1.82, 2.24) is 20.2 Å². The Morgan fingerprint density at radius 2 is 2.50 bits per heavy atom. The molecule has 1 N–H and O–H groups in total. The second kappa shape index (κ2) is 4.81. The fourth-order valence-corrected chi connectivity index (χ4v) is 1.88. The van der Waals surface area contributed by atoms with Gasteiger partial charge in [-0.1, -0.05) is 0 Å². The minimum atomic E-state index is -0.491. The largest absolute Gasteiger partial charge is 0.459 e. The smallest absolute Gasteiger partial charge is 0.350 e. The highest BCUT2D eigenvalue weighted by molar-refractivity contribution is 7.12. The second-order valence-electron chi connectivity index (χ2n) is 2.75. The van der Waals surface area contributed by atoms with E-state index in [1.807, 2.05) is 0 Å². The lowest BCUT2D eigenvalue weighted by Gasteiger charge is -2.02. The Labute approximate surface area is 94.3 Å². The van der Waals surface area contributed by atoms with Crippen LogP contribution in [0.3, 0.4) is 0 Å². The monoisotopic (exact) mass is 240 g/mol. The molecule has 0 unspecified atom stereocenters. The molecule has 84 valence electrons. The normalized spacial score (nSPS) is 10.3. The number of thiophene rings is 1. The van der Waals surface area contributed by atoms with Gasteiger partial charge < -0.3 is 9.84 Å². The van der Waals surface area contributed by atoms with E-state index in [0.717, 1.165) is 0 Å². The number of aromatic nitrogens is 4. The van der Waals surface area contributed by atoms with Crippen molar-refractivity contribution in [2.45, 2.75) is 0 Å². The molecule has 2 heterocycles. The van der Waals surface area contributed by atoms with Crippen LogP contribution in [0.25, 0.3) is 5.69 Å². The SMILES string of the molecule is O=C(OCCO)c1sccc1-n1cnnn1. The third-order valence-corrected chi connectivity index (χ3v) is 2.63. The van der Waals surface area contributed by atoms with Crippen molar-refractivity contribution in [2.75, 3.05) is 13.2 Å². The summed E-state index contributed by atoms with van der Waals surface area (Å²) in [6.07, 6.45) is 1.39. The Kier molecular flexibility index (Phi) is 3.22. The van der Waals surface area contributed by atoms with Gasteiger partial charge in [0.15, 0.2) is 0 Å². The lowest BCUT2D eigenvalue weighted by Crippen LogP contribution is -2.10. The molecule has 0 aliphatic rings. The van der Waals surface area contributed by atoms with Crippen molar-refractivity contribution in [3.8, 4) is 5.69 Å². The molecule has 2 aromatic rings. The first-order valence-corrected chi connectivity index (χ1v) is 5.29. The second-order valence-corrected chi connectivity index (χ2v) is 3.67. The minimum absolute atomic E-state index is 0.0220. The maximum atomic E-state index is 11.6. The van der Waals surface area contributed by atoms with Gasteiger partial charge in [0.1, 0.15) is 17.8 Å². The zero-order chi connectivity index (χ0) is 11.4. The molecule has 2 rings (SSSR count). The number of hydrogen-bond donors (Lipinski definition) is 1. The van der Waals surface area contributed by atoms with Gasteiger partial charge >= 0.3 is 5.97 Å². The standard InChI is InChI=1S/C8H8N4O3S/c13-2-3-15-8(14)7-6(1-4-16-7)12-5-9-10-11-12/h1,4-5,13H,2-3H2. The van der Waals surface area contributed by atoms with Crippen molar-refractivity contribution in [3.63, 3.8) is 0 Å². The Morgan fingerprint density at radius 3 is 3.19 bits per heavy atom. The molecule has 0 bridgehead atoms. The van der Waals surface area contributed by atoms with E-state index in [1.54, 1.807) is 11.4 Å².